The van der Waals surface area contributed by atoms with Crippen LogP contribution >= 0.6 is 0 Å². The fourth-order valence-electron chi connectivity index (χ4n) is 1.85. The lowest BCUT2D eigenvalue weighted by Crippen LogP contribution is -2.11. The van der Waals surface area contributed by atoms with Crippen molar-refractivity contribution in [2.45, 2.75) is 26.2 Å². The molecule has 1 aromatic heterocycles. The van der Waals surface area contributed by atoms with Crippen molar-refractivity contribution in [2.24, 2.45) is 0 Å². The number of aromatic hydroxyl groups is 1. The lowest BCUT2D eigenvalue weighted by atomic mass is 9.85. The number of rotatable bonds is 2. The summed E-state index contributed by atoms with van der Waals surface area (Å²) >= 11 is 0. The van der Waals surface area contributed by atoms with Gasteiger partial charge in [0.25, 0.3) is 0 Å². The van der Waals surface area contributed by atoms with E-state index in [2.05, 4.69) is 25.9 Å². The molecule has 0 aliphatic carbocycles. The molecule has 0 aliphatic rings. The third-order valence-corrected chi connectivity index (χ3v) is 3.05. The first-order valence-corrected chi connectivity index (χ1v) is 5.96. The average molecular weight is 262 g/mol. The van der Waals surface area contributed by atoms with Crippen molar-refractivity contribution in [2.75, 3.05) is 12.8 Å². The molecule has 3 N–H and O–H groups in total. The molecule has 0 radical (unpaired) electrons. The van der Waals surface area contributed by atoms with Crippen LogP contribution in [0.3, 0.4) is 0 Å². The summed E-state index contributed by atoms with van der Waals surface area (Å²) in [6, 6.07) is 3.70. The summed E-state index contributed by atoms with van der Waals surface area (Å²) in [5, 5.41) is 13.9. The summed E-state index contributed by atoms with van der Waals surface area (Å²) in [5.41, 5.74) is 7.77. The molecule has 0 amide bonds. The summed E-state index contributed by atoms with van der Waals surface area (Å²) in [6.45, 7) is 6.25. The van der Waals surface area contributed by atoms with Crippen LogP contribution in [0, 0.1) is 0 Å². The highest BCUT2D eigenvalue weighted by atomic mass is 16.5. The van der Waals surface area contributed by atoms with E-state index < -0.39 is 0 Å². The van der Waals surface area contributed by atoms with Crippen LogP contribution in [-0.2, 0) is 5.41 Å². The zero-order valence-electron chi connectivity index (χ0n) is 11.5. The number of nitrogens with zero attached hydrogens (tertiary/aromatic N) is 1. The molecule has 2 aromatic rings. The minimum absolute atomic E-state index is 0.0328. The Hall–Kier alpha value is -2.17. The smallest absolute Gasteiger partial charge is 0.230 e. The van der Waals surface area contributed by atoms with E-state index in [-0.39, 0.29) is 17.0 Å². The van der Waals surface area contributed by atoms with Gasteiger partial charge in [-0.3, -0.25) is 0 Å². The van der Waals surface area contributed by atoms with Crippen LogP contribution in [0.25, 0.3) is 11.1 Å². The van der Waals surface area contributed by atoms with Gasteiger partial charge in [0, 0.05) is 5.56 Å². The van der Waals surface area contributed by atoms with Gasteiger partial charge in [-0.05, 0) is 23.1 Å². The van der Waals surface area contributed by atoms with Gasteiger partial charge >= 0.3 is 0 Å². The Morgan fingerprint density at radius 3 is 2.42 bits per heavy atom. The number of nitrogen functional groups attached to an aromatic ring is 1. The number of hydrogen-bond acceptors (Lipinski definition) is 5. The van der Waals surface area contributed by atoms with Crippen molar-refractivity contribution < 1.29 is 14.4 Å². The molecule has 0 saturated heterocycles. The van der Waals surface area contributed by atoms with E-state index in [0.717, 1.165) is 5.56 Å². The molecule has 19 heavy (non-hydrogen) atoms. The summed E-state index contributed by atoms with van der Waals surface area (Å²) < 4.78 is 10.1. The SMILES string of the molecule is COc1cc(C(C)(C)C)cc(-c2cnoc2N)c1O. The quantitative estimate of drug-likeness (QED) is 0.869. The Morgan fingerprint density at radius 2 is 1.95 bits per heavy atom. The van der Waals surface area contributed by atoms with Crippen molar-refractivity contribution in [3.63, 3.8) is 0 Å². The zero-order chi connectivity index (χ0) is 14.2. The molecule has 5 nitrogen and oxygen atoms in total. The van der Waals surface area contributed by atoms with E-state index in [4.69, 9.17) is 15.0 Å². The van der Waals surface area contributed by atoms with Crippen LogP contribution in [0.2, 0.25) is 0 Å². The van der Waals surface area contributed by atoms with Gasteiger partial charge in [-0.1, -0.05) is 25.9 Å². The number of phenols is 1. The number of methoxy groups -OCH3 is 1. The maximum Gasteiger partial charge on any atom is 0.230 e. The molecular weight excluding hydrogens is 244 g/mol. The van der Waals surface area contributed by atoms with Gasteiger partial charge in [-0.2, -0.15) is 0 Å². The molecule has 0 saturated carbocycles. The Bertz CT molecular complexity index is 597. The highest BCUT2D eigenvalue weighted by Crippen LogP contribution is 2.42. The Kier molecular flexibility index (Phi) is 3.14. The maximum absolute atomic E-state index is 10.2. The molecule has 0 spiro atoms. The van der Waals surface area contributed by atoms with Crippen molar-refractivity contribution in [3.8, 4) is 22.6 Å². The molecule has 0 aliphatic heterocycles. The standard InChI is InChI=1S/C14H18N2O3/c1-14(2,3)8-5-9(10-7-16-19-13(10)15)12(17)11(6-8)18-4/h5-7,17H,15H2,1-4H3. The van der Waals surface area contributed by atoms with Crippen LogP contribution in [-0.4, -0.2) is 17.4 Å². The Balaban J connectivity index is 2.70. The first-order valence-electron chi connectivity index (χ1n) is 5.96. The molecule has 1 heterocycles. The van der Waals surface area contributed by atoms with Crippen molar-refractivity contribution in [1.82, 2.24) is 5.16 Å². The summed E-state index contributed by atoms with van der Waals surface area (Å²) in [4.78, 5) is 0. The number of phenolic OH excluding ortho intramolecular Hbond substituents is 1. The predicted molar refractivity (Wildman–Crippen MR) is 73.3 cm³/mol. The first-order chi connectivity index (χ1) is 8.84. The molecule has 2 rings (SSSR count). The number of benzene rings is 1. The van der Waals surface area contributed by atoms with E-state index in [1.807, 2.05) is 12.1 Å². The largest absolute Gasteiger partial charge is 0.504 e. The summed E-state index contributed by atoms with van der Waals surface area (Å²) in [6.07, 6.45) is 1.48. The molecule has 0 fully saturated rings. The summed E-state index contributed by atoms with van der Waals surface area (Å²) in [5.74, 6) is 0.608. The zero-order valence-corrected chi connectivity index (χ0v) is 11.5. The second-order valence-electron chi connectivity index (χ2n) is 5.43. The second-order valence-corrected chi connectivity index (χ2v) is 5.43. The first kappa shape index (κ1) is 13.3. The molecule has 0 bridgehead atoms. The van der Waals surface area contributed by atoms with E-state index in [1.165, 1.54) is 13.3 Å². The minimum atomic E-state index is -0.0817. The lowest BCUT2D eigenvalue weighted by molar-refractivity contribution is 0.372. The van der Waals surface area contributed by atoms with Gasteiger partial charge in [0.05, 0.1) is 18.9 Å². The molecular formula is C14H18N2O3. The van der Waals surface area contributed by atoms with Crippen LogP contribution in [0.15, 0.2) is 22.9 Å². The number of ether oxygens (including phenoxy) is 1. The van der Waals surface area contributed by atoms with Crippen molar-refractivity contribution in [1.29, 1.82) is 0 Å². The van der Waals surface area contributed by atoms with Gasteiger partial charge in [0.2, 0.25) is 5.88 Å². The van der Waals surface area contributed by atoms with Crippen LogP contribution in [0.5, 0.6) is 11.5 Å². The van der Waals surface area contributed by atoms with E-state index in [0.29, 0.717) is 16.9 Å². The van der Waals surface area contributed by atoms with Crippen LogP contribution in [0.1, 0.15) is 26.3 Å². The summed E-state index contributed by atoms with van der Waals surface area (Å²) in [7, 11) is 1.52. The van der Waals surface area contributed by atoms with Crippen molar-refractivity contribution in [3.05, 3.63) is 23.9 Å². The predicted octanol–water partition coefficient (Wildman–Crippen LogP) is 2.94. The molecule has 5 heteroatoms. The fraction of sp³-hybridized carbons (Fsp3) is 0.357. The average Bonchev–Trinajstić information content (AvgIpc) is 2.74. The number of aromatic nitrogens is 1. The molecule has 0 unspecified atom stereocenters. The second kappa shape index (κ2) is 4.50. The van der Waals surface area contributed by atoms with Crippen molar-refractivity contribution >= 4 is 5.88 Å². The van der Waals surface area contributed by atoms with E-state index >= 15 is 0 Å². The van der Waals surface area contributed by atoms with Gasteiger partial charge in [0.1, 0.15) is 0 Å². The van der Waals surface area contributed by atoms with Gasteiger partial charge in [-0.25, -0.2) is 0 Å². The monoisotopic (exact) mass is 262 g/mol. The third kappa shape index (κ3) is 2.36. The lowest BCUT2D eigenvalue weighted by Gasteiger charge is -2.21. The topological polar surface area (TPSA) is 81.5 Å². The number of anilines is 1. The van der Waals surface area contributed by atoms with E-state index in [9.17, 15) is 5.11 Å². The number of nitrogens with two attached hydrogens (primary N) is 1. The highest BCUT2D eigenvalue weighted by molar-refractivity contribution is 5.79. The third-order valence-electron chi connectivity index (χ3n) is 3.05. The molecule has 102 valence electrons. The number of hydrogen-bond donors (Lipinski definition) is 2. The Morgan fingerprint density at radius 1 is 1.26 bits per heavy atom. The van der Waals surface area contributed by atoms with Crippen LogP contribution < -0.4 is 10.5 Å². The molecule has 0 atom stereocenters. The Labute approximate surface area is 112 Å². The maximum atomic E-state index is 10.2. The van der Waals surface area contributed by atoms with Crippen LogP contribution in [0.4, 0.5) is 5.88 Å². The van der Waals surface area contributed by atoms with Gasteiger partial charge in [-0.15, -0.1) is 0 Å². The minimum Gasteiger partial charge on any atom is -0.504 e. The van der Waals surface area contributed by atoms with E-state index in [1.54, 1.807) is 0 Å². The molecule has 1 aromatic carbocycles. The highest BCUT2D eigenvalue weighted by Gasteiger charge is 2.22. The fourth-order valence-corrected chi connectivity index (χ4v) is 1.85. The normalized spacial score (nSPS) is 11.6. The van der Waals surface area contributed by atoms with Gasteiger partial charge in [0.15, 0.2) is 11.5 Å². The van der Waals surface area contributed by atoms with Gasteiger partial charge < -0.3 is 20.1 Å².